The van der Waals surface area contributed by atoms with Crippen molar-refractivity contribution in [2.75, 3.05) is 19.7 Å². The van der Waals surface area contributed by atoms with E-state index in [0.717, 1.165) is 12.8 Å². The molecule has 0 radical (unpaired) electrons. The van der Waals surface area contributed by atoms with E-state index in [9.17, 15) is 4.79 Å². The molecule has 1 amide bonds. The number of unbranched alkanes of at least 4 members (excludes halogenated alkanes) is 3. The Balaban J connectivity index is 2.07. The lowest BCUT2D eigenvalue weighted by molar-refractivity contribution is 0.158. The summed E-state index contributed by atoms with van der Waals surface area (Å²) in [6.07, 6.45) is 5.69. The van der Waals surface area contributed by atoms with Crippen LogP contribution in [0.4, 0.5) is 4.79 Å². The monoisotopic (exact) mass is 233 g/mol. The molecule has 0 aromatic carbocycles. The molecule has 0 saturated carbocycles. The van der Waals surface area contributed by atoms with Crippen LogP contribution in [-0.2, 0) is 4.74 Å². The number of alkyl halides is 1. The first-order valence-corrected chi connectivity index (χ1v) is 6.23. The molecule has 1 heterocycles. The maximum Gasteiger partial charge on any atom is 0.409 e. The van der Waals surface area contributed by atoms with Crippen LogP contribution in [0.1, 0.15) is 39.0 Å². The van der Waals surface area contributed by atoms with Crippen molar-refractivity contribution in [1.82, 2.24) is 4.90 Å². The minimum absolute atomic E-state index is 0.0764. The van der Waals surface area contributed by atoms with Gasteiger partial charge in [0.15, 0.2) is 0 Å². The number of nitrogens with zero attached hydrogens (tertiary/aromatic N) is 1. The Bertz CT molecular complexity index is 199. The van der Waals surface area contributed by atoms with Gasteiger partial charge < -0.3 is 9.64 Å². The molecule has 0 aromatic rings. The van der Waals surface area contributed by atoms with Crippen molar-refractivity contribution in [3.63, 3.8) is 0 Å². The number of halogens is 1. The Hall–Kier alpha value is -0.440. The Labute approximate surface area is 96.7 Å². The molecule has 0 bridgehead atoms. The number of amides is 1. The molecule has 15 heavy (non-hydrogen) atoms. The summed E-state index contributed by atoms with van der Waals surface area (Å²) in [5, 5.41) is 0.0764. The number of carbonyl (C=O) groups excluding carboxylic acids is 1. The summed E-state index contributed by atoms with van der Waals surface area (Å²) in [5.74, 6) is 0. The first kappa shape index (κ1) is 12.6. The van der Waals surface area contributed by atoms with Crippen LogP contribution in [0.5, 0.6) is 0 Å². The molecule has 0 aromatic heterocycles. The van der Waals surface area contributed by atoms with Crippen molar-refractivity contribution < 1.29 is 9.53 Å². The third-order valence-corrected chi connectivity index (χ3v) is 2.99. The molecule has 1 rings (SSSR count). The van der Waals surface area contributed by atoms with Crippen LogP contribution in [0.2, 0.25) is 0 Å². The molecule has 1 aliphatic heterocycles. The molecular formula is C11H20ClNO2. The molecule has 1 saturated heterocycles. The number of carbonyl (C=O) groups is 1. The van der Waals surface area contributed by atoms with Crippen LogP contribution in [0.15, 0.2) is 0 Å². The van der Waals surface area contributed by atoms with Gasteiger partial charge in [0.2, 0.25) is 0 Å². The van der Waals surface area contributed by atoms with Gasteiger partial charge in [-0.25, -0.2) is 4.79 Å². The van der Waals surface area contributed by atoms with Crippen molar-refractivity contribution in [1.29, 1.82) is 0 Å². The smallest absolute Gasteiger partial charge is 0.409 e. The van der Waals surface area contributed by atoms with Gasteiger partial charge >= 0.3 is 6.09 Å². The number of hydrogen-bond acceptors (Lipinski definition) is 2. The van der Waals surface area contributed by atoms with E-state index in [1.807, 2.05) is 0 Å². The van der Waals surface area contributed by atoms with E-state index in [2.05, 4.69) is 6.92 Å². The topological polar surface area (TPSA) is 29.5 Å². The minimum atomic E-state index is -0.214. The Morgan fingerprint density at radius 2 is 2.27 bits per heavy atom. The molecule has 0 N–H and O–H groups in total. The zero-order valence-corrected chi connectivity index (χ0v) is 10.1. The third kappa shape index (κ3) is 4.74. The van der Waals surface area contributed by atoms with E-state index in [0.29, 0.717) is 19.7 Å². The SMILES string of the molecule is CCCCCCC(Cl)CN1CCOC1=O. The lowest BCUT2D eigenvalue weighted by Gasteiger charge is -2.16. The molecule has 88 valence electrons. The average molecular weight is 234 g/mol. The van der Waals surface area contributed by atoms with Gasteiger partial charge in [0.05, 0.1) is 11.9 Å². The zero-order valence-electron chi connectivity index (χ0n) is 9.38. The molecule has 3 nitrogen and oxygen atoms in total. The Morgan fingerprint density at radius 3 is 2.87 bits per heavy atom. The highest BCUT2D eigenvalue weighted by Gasteiger charge is 2.23. The molecule has 0 spiro atoms. The average Bonchev–Trinajstić information content (AvgIpc) is 2.59. The summed E-state index contributed by atoms with van der Waals surface area (Å²) in [6.45, 7) is 4.03. The third-order valence-electron chi connectivity index (χ3n) is 2.63. The number of hydrogen-bond donors (Lipinski definition) is 0. The van der Waals surface area contributed by atoms with Gasteiger partial charge in [0.25, 0.3) is 0 Å². The summed E-state index contributed by atoms with van der Waals surface area (Å²) in [6, 6.07) is 0. The van der Waals surface area contributed by atoms with Gasteiger partial charge in [-0.2, -0.15) is 0 Å². The number of ether oxygens (including phenoxy) is 1. The Morgan fingerprint density at radius 1 is 1.47 bits per heavy atom. The fraction of sp³-hybridized carbons (Fsp3) is 0.909. The molecule has 1 unspecified atom stereocenters. The number of rotatable bonds is 7. The van der Waals surface area contributed by atoms with Crippen molar-refractivity contribution >= 4 is 17.7 Å². The van der Waals surface area contributed by atoms with E-state index in [1.165, 1.54) is 19.3 Å². The normalized spacial score (nSPS) is 18.0. The van der Waals surface area contributed by atoms with Crippen molar-refractivity contribution in [3.8, 4) is 0 Å². The van der Waals surface area contributed by atoms with Gasteiger partial charge in [0, 0.05) is 6.54 Å². The summed E-state index contributed by atoms with van der Waals surface area (Å²) < 4.78 is 4.84. The highest BCUT2D eigenvalue weighted by Crippen LogP contribution is 2.13. The molecule has 1 fully saturated rings. The molecule has 1 atom stereocenters. The second kappa shape index (κ2) is 6.94. The predicted molar refractivity (Wildman–Crippen MR) is 61.3 cm³/mol. The first-order chi connectivity index (χ1) is 7.24. The van der Waals surface area contributed by atoms with E-state index in [-0.39, 0.29) is 11.5 Å². The highest BCUT2D eigenvalue weighted by atomic mass is 35.5. The summed E-state index contributed by atoms with van der Waals surface area (Å²) in [7, 11) is 0. The van der Waals surface area contributed by atoms with E-state index < -0.39 is 0 Å². The molecule has 0 aliphatic carbocycles. The largest absolute Gasteiger partial charge is 0.448 e. The van der Waals surface area contributed by atoms with Gasteiger partial charge in [-0.3, -0.25) is 0 Å². The lowest BCUT2D eigenvalue weighted by Crippen LogP contribution is -2.30. The summed E-state index contributed by atoms with van der Waals surface area (Å²) in [5.41, 5.74) is 0. The van der Waals surface area contributed by atoms with Crippen molar-refractivity contribution in [3.05, 3.63) is 0 Å². The summed E-state index contributed by atoms with van der Waals surface area (Å²) in [4.78, 5) is 12.8. The minimum Gasteiger partial charge on any atom is -0.448 e. The van der Waals surface area contributed by atoms with Crippen LogP contribution in [0, 0.1) is 0 Å². The maximum absolute atomic E-state index is 11.1. The highest BCUT2D eigenvalue weighted by molar-refractivity contribution is 6.20. The number of cyclic esters (lactones) is 1. The Kier molecular flexibility index (Phi) is 5.84. The zero-order chi connectivity index (χ0) is 11.1. The van der Waals surface area contributed by atoms with Crippen LogP contribution in [-0.4, -0.2) is 36.1 Å². The summed E-state index contributed by atoms with van der Waals surface area (Å²) >= 11 is 6.16. The van der Waals surface area contributed by atoms with Crippen LogP contribution < -0.4 is 0 Å². The molecule has 4 heteroatoms. The maximum atomic E-state index is 11.1. The van der Waals surface area contributed by atoms with E-state index >= 15 is 0 Å². The van der Waals surface area contributed by atoms with Gasteiger partial charge in [-0.1, -0.05) is 32.6 Å². The fourth-order valence-electron chi connectivity index (χ4n) is 1.71. The van der Waals surface area contributed by atoms with Gasteiger partial charge in [-0.15, -0.1) is 11.6 Å². The quantitative estimate of drug-likeness (QED) is 0.500. The molecule has 1 aliphatic rings. The van der Waals surface area contributed by atoms with Gasteiger partial charge in [0.1, 0.15) is 6.61 Å². The first-order valence-electron chi connectivity index (χ1n) is 5.79. The van der Waals surface area contributed by atoms with E-state index in [4.69, 9.17) is 16.3 Å². The van der Waals surface area contributed by atoms with Crippen LogP contribution in [0.25, 0.3) is 0 Å². The molecular weight excluding hydrogens is 214 g/mol. The fourth-order valence-corrected chi connectivity index (χ4v) is 2.04. The van der Waals surface area contributed by atoms with Crippen molar-refractivity contribution in [2.24, 2.45) is 0 Å². The van der Waals surface area contributed by atoms with Gasteiger partial charge in [-0.05, 0) is 6.42 Å². The van der Waals surface area contributed by atoms with Crippen LogP contribution >= 0.6 is 11.6 Å². The predicted octanol–water partition coefficient (Wildman–Crippen LogP) is 3.02. The second-order valence-electron chi connectivity index (χ2n) is 4.01. The van der Waals surface area contributed by atoms with E-state index in [1.54, 1.807) is 4.90 Å². The second-order valence-corrected chi connectivity index (χ2v) is 4.62. The van der Waals surface area contributed by atoms with Crippen molar-refractivity contribution in [2.45, 2.75) is 44.4 Å². The van der Waals surface area contributed by atoms with Crippen LogP contribution in [0.3, 0.4) is 0 Å². The lowest BCUT2D eigenvalue weighted by atomic mass is 10.1. The standard InChI is InChI=1S/C11H20ClNO2/c1-2-3-4-5-6-10(12)9-13-7-8-15-11(13)14/h10H,2-9H2,1H3.